The fraction of sp³-hybridized carbons (Fsp3) is 0.579. The van der Waals surface area contributed by atoms with E-state index in [1.54, 1.807) is 12.0 Å². The van der Waals surface area contributed by atoms with Gasteiger partial charge in [0.15, 0.2) is 0 Å². The first-order valence-corrected chi connectivity index (χ1v) is 8.46. The highest BCUT2D eigenvalue weighted by atomic mass is 16.5. The molecule has 0 aromatic heterocycles. The van der Waals surface area contributed by atoms with Crippen LogP contribution in [-0.2, 0) is 16.1 Å². The van der Waals surface area contributed by atoms with Gasteiger partial charge in [-0.3, -0.25) is 9.59 Å². The molecule has 24 heavy (non-hydrogen) atoms. The van der Waals surface area contributed by atoms with Crippen molar-refractivity contribution in [2.24, 2.45) is 0 Å². The molecule has 1 N–H and O–H groups in total. The highest BCUT2D eigenvalue weighted by Gasteiger charge is 2.29. The Balaban J connectivity index is 3.05. The monoisotopic (exact) mass is 334 g/mol. The van der Waals surface area contributed by atoms with Gasteiger partial charge in [-0.15, -0.1) is 0 Å². The molecule has 0 radical (unpaired) electrons. The average Bonchev–Trinajstić information content (AvgIpc) is 2.52. The number of nitrogens with one attached hydrogen (secondary N) is 1. The third-order valence-electron chi connectivity index (χ3n) is 3.67. The Bertz CT molecular complexity index is 564. The van der Waals surface area contributed by atoms with Crippen molar-refractivity contribution in [2.75, 3.05) is 7.11 Å². The summed E-state index contributed by atoms with van der Waals surface area (Å²) in [4.78, 5) is 26.8. The first-order valence-electron chi connectivity index (χ1n) is 8.46. The molecule has 0 saturated heterocycles. The lowest BCUT2D eigenvalue weighted by molar-refractivity contribution is -0.141. The summed E-state index contributed by atoms with van der Waals surface area (Å²) in [5.74, 6) is 0.590. The summed E-state index contributed by atoms with van der Waals surface area (Å²) >= 11 is 0. The van der Waals surface area contributed by atoms with Crippen molar-refractivity contribution in [3.8, 4) is 5.75 Å². The quantitative estimate of drug-likeness (QED) is 0.833. The van der Waals surface area contributed by atoms with Crippen LogP contribution in [0.3, 0.4) is 0 Å². The Labute approximate surface area is 145 Å². The minimum absolute atomic E-state index is 0.0336. The Morgan fingerprint density at radius 3 is 2.42 bits per heavy atom. The van der Waals surface area contributed by atoms with E-state index in [9.17, 15) is 9.59 Å². The summed E-state index contributed by atoms with van der Waals surface area (Å²) in [7, 11) is 1.61. The largest absolute Gasteiger partial charge is 0.497 e. The number of benzene rings is 1. The predicted octanol–water partition coefficient (Wildman–Crippen LogP) is 3.13. The smallest absolute Gasteiger partial charge is 0.243 e. The molecule has 0 unspecified atom stereocenters. The summed E-state index contributed by atoms with van der Waals surface area (Å²) < 4.78 is 5.24. The number of hydrogen-bond acceptors (Lipinski definition) is 3. The van der Waals surface area contributed by atoms with Gasteiger partial charge in [0.1, 0.15) is 11.8 Å². The molecule has 2 amide bonds. The fourth-order valence-electron chi connectivity index (χ4n) is 2.54. The summed E-state index contributed by atoms with van der Waals surface area (Å²) in [5.41, 5.74) is 0.611. The van der Waals surface area contributed by atoms with Gasteiger partial charge in [-0.1, -0.05) is 26.0 Å². The van der Waals surface area contributed by atoms with Gasteiger partial charge in [-0.2, -0.15) is 0 Å². The minimum Gasteiger partial charge on any atom is -0.497 e. The second-order valence-electron chi connectivity index (χ2n) is 6.89. The fourth-order valence-corrected chi connectivity index (χ4v) is 2.54. The summed E-state index contributed by atoms with van der Waals surface area (Å²) in [6.45, 7) is 9.94. The van der Waals surface area contributed by atoms with Gasteiger partial charge >= 0.3 is 0 Å². The van der Waals surface area contributed by atoms with Crippen LogP contribution in [0.2, 0.25) is 0 Å². The number of hydrogen-bond donors (Lipinski definition) is 1. The molecule has 0 bridgehead atoms. The van der Waals surface area contributed by atoms with Crippen LogP contribution in [0.15, 0.2) is 24.3 Å². The van der Waals surface area contributed by atoms with Crippen LogP contribution in [0, 0.1) is 0 Å². The van der Waals surface area contributed by atoms with E-state index in [2.05, 4.69) is 5.32 Å². The zero-order valence-electron chi connectivity index (χ0n) is 15.7. The summed E-state index contributed by atoms with van der Waals surface area (Å²) in [6.07, 6.45) is 0.931. The van der Waals surface area contributed by atoms with Crippen LogP contribution in [0.25, 0.3) is 0 Å². The Morgan fingerprint density at radius 2 is 1.92 bits per heavy atom. The zero-order valence-corrected chi connectivity index (χ0v) is 15.7. The summed E-state index contributed by atoms with van der Waals surface area (Å²) in [6, 6.07) is 7.10. The molecule has 0 spiro atoms. The standard InChI is InChI=1S/C19H30N2O3/c1-7-16(18(23)20-19(3,4)5)21(17(22)8-2)13-14-10-9-11-15(12-14)24-6/h9-12,16H,7-8,13H2,1-6H3,(H,20,23)/t16-/m0/s1. The van der Waals surface area contributed by atoms with E-state index in [1.165, 1.54) is 0 Å². The van der Waals surface area contributed by atoms with E-state index in [-0.39, 0.29) is 17.4 Å². The number of rotatable bonds is 7. The predicted molar refractivity (Wildman–Crippen MR) is 95.8 cm³/mol. The lowest BCUT2D eigenvalue weighted by Gasteiger charge is -2.33. The van der Waals surface area contributed by atoms with Gasteiger partial charge in [-0.05, 0) is 44.9 Å². The van der Waals surface area contributed by atoms with Gasteiger partial charge in [0.05, 0.1) is 7.11 Å². The second kappa shape index (κ2) is 8.71. The van der Waals surface area contributed by atoms with Gasteiger partial charge < -0.3 is 15.0 Å². The van der Waals surface area contributed by atoms with E-state index in [0.717, 1.165) is 11.3 Å². The Kier molecular flexibility index (Phi) is 7.26. The highest BCUT2D eigenvalue weighted by molar-refractivity contribution is 5.88. The normalized spacial score (nSPS) is 12.4. The van der Waals surface area contributed by atoms with Crippen molar-refractivity contribution in [3.63, 3.8) is 0 Å². The van der Waals surface area contributed by atoms with Gasteiger partial charge in [0.25, 0.3) is 0 Å². The van der Waals surface area contributed by atoms with Crippen molar-refractivity contribution in [2.45, 2.75) is 65.6 Å². The highest BCUT2D eigenvalue weighted by Crippen LogP contribution is 2.18. The third kappa shape index (κ3) is 5.87. The molecular formula is C19H30N2O3. The molecule has 0 heterocycles. The van der Waals surface area contributed by atoms with Crippen LogP contribution in [0.1, 0.15) is 53.0 Å². The van der Waals surface area contributed by atoms with Crippen LogP contribution in [0.4, 0.5) is 0 Å². The molecular weight excluding hydrogens is 304 g/mol. The van der Waals surface area contributed by atoms with Crippen LogP contribution in [0.5, 0.6) is 5.75 Å². The molecule has 1 rings (SSSR count). The van der Waals surface area contributed by atoms with E-state index in [0.29, 0.717) is 19.4 Å². The van der Waals surface area contributed by atoms with Crippen LogP contribution in [-0.4, -0.2) is 35.4 Å². The molecule has 1 aromatic rings. The lowest BCUT2D eigenvalue weighted by atomic mass is 10.1. The number of amides is 2. The van der Waals surface area contributed by atoms with E-state index >= 15 is 0 Å². The van der Waals surface area contributed by atoms with Gasteiger partial charge in [-0.25, -0.2) is 0 Å². The van der Waals surface area contributed by atoms with E-state index in [1.807, 2.05) is 58.9 Å². The molecule has 1 aromatic carbocycles. The third-order valence-corrected chi connectivity index (χ3v) is 3.67. The SMILES string of the molecule is CCC(=O)N(Cc1cccc(OC)c1)[C@@H](CC)C(=O)NC(C)(C)C. The maximum atomic E-state index is 12.6. The molecule has 134 valence electrons. The topological polar surface area (TPSA) is 58.6 Å². The summed E-state index contributed by atoms with van der Waals surface area (Å²) in [5, 5.41) is 2.98. The van der Waals surface area contributed by atoms with Crippen molar-refractivity contribution in [1.82, 2.24) is 10.2 Å². The van der Waals surface area contributed by atoms with Crippen molar-refractivity contribution >= 4 is 11.8 Å². The minimum atomic E-state index is -0.483. The molecule has 0 saturated carbocycles. The second-order valence-corrected chi connectivity index (χ2v) is 6.89. The number of carbonyl (C=O) groups excluding carboxylic acids is 2. The molecule has 5 nitrogen and oxygen atoms in total. The van der Waals surface area contributed by atoms with E-state index < -0.39 is 6.04 Å². The first kappa shape index (κ1) is 20.0. The Morgan fingerprint density at radius 1 is 1.25 bits per heavy atom. The maximum absolute atomic E-state index is 12.6. The molecule has 5 heteroatoms. The first-order chi connectivity index (χ1) is 11.2. The van der Waals surface area contributed by atoms with Crippen LogP contribution < -0.4 is 10.1 Å². The number of methoxy groups -OCH3 is 1. The molecule has 0 aliphatic rings. The van der Waals surface area contributed by atoms with Crippen molar-refractivity contribution < 1.29 is 14.3 Å². The molecule has 0 aliphatic heterocycles. The van der Waals surface area contributed by atoms with E-state index in [4.69, 9.17) is 4.74 Å². The van der Waals surface area contributed by atoms with Crippen LogP contribution >= 0.6 is 0 Å². The Hall–Kier alpha value is -2.04. The number of carbonyl (C=O) groups is 2. The molecule has 0 aliphatic carbocycles. The van der Waals surface area contributed by atoms with Gasteiger partial charge in [0.2, 0.25) is 11.8 Å². The average molecular weight is 334 g/mol. The zero-order chi connectivity index (χ0) is 18.3. The lowest BCUT2D eigenvalue weighted by Crippen LogP contribution is -2.53. The molecule has 1 atom stereocenters. The van der Waals surface area contributed by atoms with Crippen molar-refractivity contribution in [3.05, 3.63) is 29.8 Å². The number of nitrogens with zero attached hydrogens (tertiary/aromatic N) is 1. The van der Waals surface area contributed by atoms with Crippen molar-refractivity contribution in [1.29, 1.82) is 0 Å². The van der Waals surface area contributed by atoms with Gasteiger partial charge in [0, 0.05) is 18.5 Å². The maximum Gasteiger partial charge on any atom is 0.243 e. The number of ether oxygens (including phenoxy) is 1. The molecule has 0 fully saturated rings.